The number of carbonyl (C=O) groups excluding carboxylic acids is 2. The number of nitrogens with zero attached hydrogens (tertiary/aromatic N) is 3. The molecular weight excluding hydrogens is 330 g/mol. The van der Waals surface area contributed by atoms with E-state index in [4.69, 9.17) is 4.74 Å². The molecule has 0 atom stereocenters. The second-order valence-electron chi connectivity index (χ2n) is 8.04. The Labute approximate surface area is 156 Å². The normalized spacial score (nSPS) is 15.6. The molecule has 0 saturated carbocycles. The van der Waals surface area contributed by atoms with Crippen molar-refractivity contribution in [3.8, 4) is 0 Å². The van der Waals surface area contributed by atoms with E-state index in [0.717, 1.165) is 31.6 Å². The molecule has 1 fully saturated rings. The quantitative estimate of drug-likeness (QED) is 0.806. The Bertz CT molecular complexity index is 590. The smallest absolute Gasteiger partial charge is 0.410 e. The summed E-state index contributed by atoms with van der Waals surface area (Å²) in [6, 6.07) is 5.59. The van der Waals surface area contributed by atoms with Crippen LogP contribution in [0, 0.1) is 5.92 Å². The standard InChI is InChI=1S/C20H31N3O3/c1-16-8-12-22(13-9-16)18(24)10-14-23(19(25)26-20(2,3)4)15-17-7-5-6-11-21-17/h5-7,11,16H,8-10,12-15H2,1-4H3. The highest BCUT2D eigenvalue weighted by Crippen LogP contribution is 2.17. The Morgan fingerprint density at radius 3 is 2.54 bits per heavy atom. The van der Waals surface area contributed by atoms with Gasteiger partial charge < -0.3 is 14.5 Å². The van der Waals surface area contributed by atoms with Crippen LogP contribution in [0.25, 0.3) is 0 Å². The highest BCUT2D eigenvalue weighted by atomic mass is 16.6. The monoisotopic (exact) mass is 361 g/mol. The van der Waals surface area contributed by atoms with Gasteiger partial charge in [0.1, 0.15) is 5.60 Å². The van der Waals surface area contributed by atoms with Crippen LogP contribution < -0.4 is 0 Å². The molecule has 1 aliphatic rings. The minimum Gasteiger partial charge on any atom is -0.444 e. The van der Waals surface area contributed by atoms with Gasteiger partial charge >= 0.3 is 6.09 Å². The summed E-state index contributed by atoms with van der Waals surface area (Å²) in [5.74, 6) is 0.785. The fourth-order valence-corrected chi connectivity index (χ4v) is 2.90. The van der Waals surface area contributed by atoms with Crippen molar-refractivity contribution in [3.05, 3.63) is 30.1 Å². The first-order valence-electron chi connectivity index (χ1n) is 9.40. The number of likely N-dealkylation sites (tertiary alicyclic amines) is 1. The van der Waals surface area contributed by atoms with Gasteiger partial charge in [-0.3, -0.25) is 9.78 Å². The molecule has 2 rings (SSSR count). The fourth-order valence-electron chi connectivity index (χ4n) is 2.90. The van der Waals surface area contributed by atoms with E-state index in [-0.39, 0.29) is 5.91 Å². The van der Waals surface area contributed by atoms with Crippen LogP contribution in [0.3, 0.4) is 0 Å². The molecule has 0 aliphatic carbocycles. The van der Waals surface area contributed by atoms with E-state index < -0.39 is 11.7 Å². The third-order valence-electron chi connectivity index (χ3n) is 4.46. The predicted molar refractivity (Wildman–Crippen MR) is 100 cm³/mol. The van der Waals surface area contributed by atoms with E-state index in [9.17, 15) is 9.59 Å². The number of hydrogen-bond donors (Lipinski definition) is 0. The SMILES string of the molecule is CC1CCN(C(=O)CCN(Cc2ccccn2)C(=O)OC(C)(C)C)CC1. The van der Waals surface area contributed by atoms with Crippen LogP contribution in [-0.2, 0) is 16.1 Å². The second kappa shape index (κ2) is 9.01. The van der Waals surface area contributed by atoms with Gasteiger partial charge in [0, 0.05) is 32.3 Å². The molecule has 0 N–H and O–H groups in total. The maximum absolute atomic E-state index is 12.5. The number of pyridine rings is 1. The molecule has 6 nitrogen and oxygen atoms in total. The third kappa shape index (κ3) is 6.65. The van der Waals surface area contributed by atoms with Crippen LogP contribution in [0.4, 0.5) is 4.79 Å². The number of carbonyl (C=O) groups is 2. The molecule has 1 aromatic rings. The zero-order valence-corrected chi connectivity index (χ0v) is 16.4. The highest BCUT2D eigenvalue weighted by molar-refractivity contribution is 5.77. The summed E-state index contributed by atoms with van der Waals surface area (Å²) >= 11 is 0. The molecule has 2 heterocycles. The lowest BCUT2D eigenvalue weighted by Gasteiger charge is -2.31. The van der Waals surface area contributed by atoms with Gasteiger partial charge in [0.15, 0.2) is 0 Å². The first-order valence-corrected chi connectivity index (χ1v) is 9.40. The summed E-state index contributed by atoms with van der Waals surface area (Å²) in [5.41, 5.74) is 0.199. The van der Waals surface area contributed by atoms with E-state index in [2.05, 4.69) is 11.9 Å². The molecule has 0 radical (unpaired) electrons. The van der Waals surface area contributed by atoms with Crippen molar-refractivity contribution in [2.24, 2.45) is 5.92 Å². The largest absolute Gasteiger partial charge is 0.444 e. The van der Waals surface area contributed by atoms with Crippen molar-refractivity contribution in [3.63, 3.8) is 0 Å². The summed E-state index contributed by atoms with van der Waals surface area (Å²) in [5, 5.41) is 0. The lowest BCUT2D eigenvalue weighted by Crippen LogP contribution is -2.41. The fraction of sp³-hybridized carbons (Fsp3) is 0.650. The summed E-state index contributed by atoms with van der Waals surface area (Å²) in [7, 11) is 0. The summed E-state index contributed by atoms with van der Waals surface area (Å²) in [6.45, 7) is 10.0. The maximum atomic E-state index is 12.5. The summed E-state index contributed by atoms with van der Waals surface area (Å²) in [6.07, 6.45) is 3.69. The van der Waals surface area contributed by atoms with Gasteiger partial charge in [-0.05, 0) is 51.7 Å². The molecule has 144 valence electrons. The van der Waals surface area contributed by atoms with Crippen LogP contribution in [0.2, 0.25) is 0 Å². The average molecular weight is 361 g/mol. The number of rotatable bonds is 5. The minimum atomic E-state index is -0.577. The molecule has 6 heteroatoms. The molecule has 1 aromatic heterocycles. The van der Waals surface area contributed by atoms with Crippen LogP contribution in [0.1, 0.15) is 52.7 Å². The van der Waals surface area contributed by atoms with Crippen molar-refractivity contribution >= 4 is 12.0 Å². The van der Waals surface area contributed by atoms with Crippen LogP contribution in [0.15, 0.2) is 24.4 Å². The van der Waals surface area contributed by atoms with Crippen LogP contribution in [-0.4, -0.2) is 52.0 Å². The Hall–Kier alpha value is -2.11. The maximum Gasteiger partial charge on any atom is 0.410 e. The van der Waals surface area contributed by atoms with Gasteiger partial charge in [-0.15, -0.1) is 0 Å². The Balaban J connectivity index is 1.96. The number of aromatic nitrogens is 1. The van der Waals surface area contributed by atoms with Gasteiger partial charge in [-0.2, -0.15) is 0 Å². The van der Waals surface area contributed by atoms with Crippen LogP contribution in [0.5, 0.6) is 0 Å². The number of amides is 2. The molecule has 1 saturated heterocycles. The van der Waals surface area contributed by atoms with Gasteiger partial charge in [0.25, 0.3) is 0 Å². The summed E-state index contributed by atoms with van der Waals surface area (Å²) in [4.78, 5) is 32.8. The molecule has 0 aromatic carbocycles. The molecule has 0 bridgehead atoms. The van der Waals surface area contributed by atoms with Gasteiger partial charge in [0.05, 0.1) is 12.2 Å². The second-order valence-corrected chi connectivity index (χ2v) is 8.04. The van der Waals surface area contributed by atoms with Gasteiger partial charge in [-0.1, -0.05) is 13.0 Å². The van der Waals surface area contributed by atoms with E-state index in [1.807, 2.05) is 43.9 Å². The number of piperidine rings is 1. The first kappa shape index (κ1) is 20.2. The van der Waals surface area contributed by atoms with E-state index in [0.29, 0.717) is 25.4 Å². The lowest BCUT2D eigenvalue weighted by molar-refractivity contribution is -0.132. The van der Waals surface area contributed by atoms with Crippen molar-refractivity contribution in [2.45, 2.75) is 59.1 Å². The first-order chi connectivity index (χ1) is 12.2. The van der Waals surface area contributed by atoms with Gasteiger partial charge in [-0.25, -0.2) is 4.79 Å². The Morgan fingerprint density at radius 1 is 1.27 bits per heavy atom. The molecular formula is C20H31N3O3. The minimum absolute atomic E-state index is 0.103. The van der Waals surface area contributed by atoms with Crippen molar-refractivity contribution in [2.75, 3.05) is 19.6 Å². The van der Waals surface area contributed by atoms with Crippen molar-refractivity contribution in [1.29, 1.82) is 0 Å². The Morgan fingerprint density at radius 2 is 1.96 bits per heavy atom. The van der Waals surface area contributed by atoms with E-state index in [1.165, 1.54) is 0 Å². The molecule has 0 unspecified atom stereocenters. The zero-order chi connectivity index (χ0) is 19.2. The summed E-state index contributed by atoms with van der Waals surface area (Å²) < 4.78 is 5.50. The van der Waals surface area contributed by atoms with Crippen LogP contribution >= 0.6 is 0 Å². The Kier molecular flexibility index (Phi) is 7.00. The predicted octanol–water partition coefficient (Wildman–Crippen LogP) is 3.47. The van der Waals surface area contributed by atoms with E-state index >= 15 is 0 Å². The molecule has 26 heavy (non-hydrogen) atoms. The van der Waals surface area contributed by atoms with E-state index in [1.54, 1.807) is 11.1 Å². The van der Waals surface area contributed by atoms with Crippen molar-refractivity contribution < 1.29 is 14.3 Å². The number of hydrogen-bond acceptors (Lipinski definition) is 4. The van der Waals surface area contributed by atoms with Gasteiger partial charge in [0.2, 0.25) is 5.91 Å². The van der Waals surface area contributed by atoms with Crippen molar-refractivity contribution in [1.82, 2.24) is 14.8 Å². The topological polar surface area (TPSA) is 62.7 Å². The lowest BCUT2D eigenvalue weighted by atomic mass is 9.99. The average Bonchev–Trinajstić information content (AvgIpc) is 2.58. The zero-order valence-electron chi connectivity index (χ0n) is 16.4. The highest BCUT2D eigenvalue weighted by Gasteiger charge is 2.25. The molecule has 2 amide bonds. The molecule has 0 spiro atoms. The molecule has 1 aliphatic heterocycles. The third-order valence-corrected chi connectivity index (χ3v) is 4.46. The number of ether oxygens (including phenoxy) is 1.